The molecule has 3 aromatic rings. The highest BCUT2D eigenvalue weighted by Crippen LogP contribution is 2.23. The van der Waals surface area contributed by atoms with Crippen LogP contribution >= 0.6 is 35.6 Å². The Bertz CT molecular complexity index is 886. The summed E-state index contributed by atoms with van der Waals surface area (Å²) in [6.45, 7) is 0.916. The average molecular weight is 373 g/mol. The van der Waals surface area contributed by atoms with E-state index in [1.165, 1.54) is 0 Å². The topological polar surface area (TPSA) is 53.9 Å². The summed E-state index contributed by atoms with van der Waals surface area (Å²) >= 11 is 12.0. The van der Waals surface area contributed by atoms with Gasteiger partial charge in [0.2, 0.25) is 5.62 Å². The summed E-state index contributed by atoms with van der Waals surface area (Å²) < 4.78 is 3.69. The van der Waals surface area contributed by atoms with Gasteiger partial charge in [0.25, 0.3) is 0 Å². The molecule has 0 radical (unpaired) electrons. The van der Waals surface area contributed by atoms with Gasteiger partial charge in [0.05, 0.1) is 34.2 Å². The monoisotopic (exact) mass is 371 g/mol. The molecule has 0 atom stereocenters. The van der Waals surface area contributed by atoms with Crippen LogP contribution in [0, 0.1) is 5.41 Å². The van der Waals surface area contributed by atoms with Crippen LogP contribution in [-0.4, -0.2) is 20.8 Å². The molecule has 0 aliphatic heterocycles. The third kappa shape index (κ3) is 3.40. The number of aliphatic hydroxyl groups excluding tert-OH is 1. The van der Waals surface area contributed by atoms with Crippen molar-refractivity contribution in [3.05, 3.63) is 63.7 Å². The standard InChI is InChI=1S/C16H15Cl2N3O.ClH/c17-12-6-5-11(9-13(12)18)10-21-15-4-2-1-3-14(15)20(7-8-22)16(21)19;/h1-6,9,19,22H,7-8,10H2;1H. The number of fused-ring (bicyclic) bond motifs is 1. The molecule has 2 N–H and O–H groups in total. The second-order valence-corrected chi connectivity index (χ2v) is 5.84. The van der Waals surface area contributed by atoms with E-state index < -0.39 is 0 Å². The molecule has 7 heteroatoms. The predicted octanol–water partition coefficient (Wildman–Crippen LogP) is 3.69. The first-order chi connectivity index (χ1) is 10.6. The van der Waals surface area contributed by atoms with Gasteiger partial charge in [-0.3, -0.25) is 5.41 Å². The van der Waals surface area contributed by atoms with E-state index in [2.05, 4.69) is 0 Å². The lowest BCUT2D eigenvalue weighted by Crippen LogP contribution is -2.26. The summed E-state index contributed by atoms with van der Waals surface area (Å²) in [5.41, 5.74) is 3.20. The van der Waals surface area contributed by atoms with Crippen LogP contribution < -0.4 is 5.62 Å². The van der Waals surface area contributed by atoms with Crippen LogP contribution in [0.4, 0.5) is 0 Å². The summed E-state index contributed by atoms with van der Waals surface area (Å²) in [5.74, 6) is 0. The number of aromatic nitrogens is 2. The fraction of sp³-hybridized carbons (Fsp3) is 0.188. The molecule has 1 aromatic heterocycles. The average Bonchev–Trinajstić information content (AvgIpc) is 2.77. The highest BCUT2D eigenvalue weighted by Gasteiger charge is 2.11. The number of nitrogens with one attached hydrogen (secondary N) is 1. The zero-order valence-electron chi connectivity index (χ0n) is 12.2. The minimum Gasteiger partial charge on any atom is -0.395 e. The number of para-hydroxylation sites is 2. The first kappa shape index (κ1) is 17.9. The predicted molar refractivity (Wildman–Crippen MR) is 95.7 cm³/mol. The SMILES string of the molecule is Cl.N=c1n(CCO)c2ccccc2n1Cc1ccc(Cl)c(Cl)c1. The molecule has 122 valence electrons. The second-order valence-electron chi connectivity index (χ2n) is 5.02. The number of benzene rings is 2. The van der Waals surface area contributed by atoms with Crippen LogP contribution in [0.15, 0.2) is 42.5 Å². The van der Waals surface area contributed by atoms with Gasteiger partial charge in [0, 0.05) is 6.54 Å². The molecule has 0 spiro atoms. The van der Waals surface area contributed by atoms with Gasteiger partial charge in [0.15, 0.2) is 0 Å². The Morgan fingerprint density at radius 2 is 1.61 bits per heavy atom. The molecule has 0 saturated carbocycles. The fourth-order valence-electron chi connectivity index (χ4n) is 2.60. The van der Waals surface area contributed by atoms with Gasteiger partial charge in [-0.1, -0.05) is 41.4 Å². The van der Waals surface area contributed by atoms with Crippen molar-refractivity contribution in [3.8, 4) is 0 Å². The molecule has 0 unspecified atom stereocenters. The van der Waals surface area contributed by atoms with Gasteiger partial charge in [-0.2, -0.15) is 0 Å². The van der Waals surface area contributed by atoms with Gasteiger partial charge in [0.1, 0.15) is 0 Å². The van der Waals surface area contributed by atoms with E-state index in [1.54, 1.807) is 10.6 Å². The van der Waals surface area contributed by atoms with Crippen LogP contribution in [0.25, 0.3) is 11.0 Å². The minimum atomic E-state index is -0.00265. The van der Waals surface area contributed by atoms with E-state index in [0.717, 1.165) is 16.6 Å². The van der Waals surface area contributed by atoms with Crippen LogP contribution in [0.5, 0.6) is 0 Å². The van der Waals surface area contributed by atoms with Gasteiger partial charge in [-0.05, 0) is 29.8 Å². The Labute approximate surface area is 149 Å². The molecule has 3 rings (SSSR count). The zero-order valence-corrected chi connectivity index (χ0v) is 14.5. The summed E-state index contributed by atoms with van der Waals surface area (Å²) in [7, 11) is 0. The van der Waals surface area contributed by atoms with Crippen LogP contribution in [0.2, 0.25) is 10.0 Å². The van der Waals surface area contributed by atoms with Crippen LogP contribution in [0.1, 0.15) is 5.56 Å². The van der Waals surface area contributed by atoms with Gasteiger partial charge in [-0.15, -0.1) is 12.4 Å². The van der Waals surface area contributed by atoms with E-state index in [0.29, 0.717) is 28.8 Å². The molecule has 0 saturated heterocycles. The lowest BCUT2D eigenvalue weighted by Gasteiger charge is -2.06. The number of nitrogens with zero attached hydrogens (tertiary/aromatic N) is 2. The maximum Gasteiger partial charge on any atom is 0.203 e. The molecule has 0 fully saturated rings. The van der Waals surface area contributed by atoms with E-state index in [9.17, 15) is 5.11 Å². The molecule has 2 aromatic carbocycles. The van der Waals surface area contributed by atoms with Crippen LogP contribution in [0.3, 0.4) is 0 Å². The Hall–Kier alpha value is -1.46. The molecular weight excluding hydrogens is 357 g/mol. The second kappa shape index (κ2) is 7.41. The molecule has 23 heavy (non-hydrogen) atoms. The highest BCUT2D eigenvalue weighted by atomic mass is 35.5. The van der Waals surface area contributed by atoms with Crippen molar-refractivity contribution in [2.45, 2.75) is 13.1 Å². The first-order valence-corrected chi connectivity index (χ1v) is 7.65. The molecule has 4 nitrogen and oxygen atoms in total. The summed E-state index contributed by atoms with van der Waals surface area (Å²) in [5, 5.41) is 18.6. The molecule has 0 bridgehead atoms. The summed E-state index contributed by atoms with van der Waals surface area (Å²) in [6, 6.07) is 13.3. The molecule has 0 amide bonds. The molecular formula is C16H16Cl3N3O. The normalized spacial score (nSPS) is 10.7. The van der Waals surface area contributed by atoms with Crippen molar-refractivity contribution >= 4 is 46.6 Å². The maximum absolute atomic E-state index is 9.22. The Morgan fingerprint density at radius 3 is 2.22 bits per heavy atom. The molecule has 0 aliphatic carbocycles. The smallest absolute Gasteiger partial charge is 0.203 e. The highest BCUT2D eigenvalue weighted by molar-refractivity contribution is 6.42. The third-order valence-electron chi connectivity index (χ3n) is 3.62. The largest absolute Gasteiger partial charge is 0.395 e. The van der Waals surface area contributed by atoms with E-state index >= 15 is 0 Å². The Morgan fingerprint density at radius 1 is 0.957 bits per heavy atom. The fourth-order valence-corrected chi connectivity index (χ4v) is 2.92. The lowest BCUT2D eigenvalue weighted by atomic mass is 10.2. The number of hydrogen-bond acceptors (Lipinski definition) is 2. The van der Waals surface area contributed by atoms with E-state index in [-0.39, 0.29) is 19.0 Å². The first-order valence-electron chi connectivity index (χ1n) is 6.89. The van der Waals surface area contributed by atoms with Gasteiger partial charge < -0.3 is 14.2 Å². The number of hydrogen-bond donors (Lipinski definition) is 2. The minimum absolute atomic E-state index is 0. The number of imidazole rings is 1. The van der Waals surface area contributed by atoms with Crippen molar-refractivity contribution in [3.63, 3.8) is 0 Å². The van der Waals surface area contributed by atoms with Crippen molar-refractivity contribution in [2.75, 3.05) is 6.61 Å². The van der Waals surface area contributed by atoms with Gasteiger partial charge >= 0.3 is 0 Å². The zero-order chi connectivity index (χ0) is 15.7. The quantitative estimate of drug-likeness (QED) is 0.721. The third-order valence-corrected chi connectivity index (χ3v) is 4.36. The van der Waals surface area contributed by atoms with Crippen molar-refractivity contribution in [2.24, 2.45) is 0 Å². The summed E-state index contributed by atoms with van der Waals surface area (Å²) in [6.07, 6.45) is 0. The van der Waals surface area contributed by atoms with E-state index in [4.69, 9.17) is 28.6 Å². The Kier molecular flexibility index (Phi) is 5.76. The number of halogens is 3. The summed E-state index contributed by atoms with van der Waals surface area (Å²) in [4.78, 5) is 0. The van der Waals surface area contributed by atoms with Crippen LogP contribution in [-0.2, 0) is 13.1 Å². The van der Waals surface area contributed by atoms with Crippen molar-refractivity contribution in [1.82, 2.24) is 9.13 Å². The lowest BCUT2D eigenvalue weighted by molar-refractivity contribution is 0.274. The molecule has 0 aliphatic rings. The number of aliphatic hydroxyl groups is 1. The number of rotatable bonds is 4. The molecule has 1 heterocycles. The van der Waals surface area contributed by atoms with E-state index in [1.807, 2.05) is 41.0 Å². The van der Waals surface area contributed by atoms with Gasteiger partial charge in [-0.25, -0.2) is 0 Å². The maximum atomic E-state index is 9.22. The van der Waals surface area contributed by atoms with Crippen molar-refractivity contribution in [1.29, 1.82) is 5.41 Å². The Balaban J connectivity index is 0.00000192. The van der Waals surface area contributed by atoms with Crippen molar-refractivity contribution < 1.29 is 5.11 Å².